The minimum Gasteiger partial charge on any atom is -0.445 e. The Morgan fingerprint density at radius 1 is 1.00 bits per heavy atom. The number of carbonyl (C=O) groups excluding carboxylic acids is 1. The lowest BCUT2D eigenvalue weighted by Gasteiger charge is -2.35. The predicted molar refractivity (Wildman–Crippen MR) is 126 cm³/mol. The monoisotopic (exact) mass is 425 g/mol. The molecule has 0 radical (unpaired) electrons. The molecule has 1 amide bonds. The molecule has 0 aliphatic heterocycles. The van der Waals surface area contributed by atoms with Crippen molar-refractivity contribution in [2.24, 2.45) is 0 Å². The van der Waals surface area contributed by atoms with Crippen LogP contribution in [-0.4, -0.2) is 27.1 Å². The first-order chi connectivity index (χ1) is 14.2. The third kappa shape index (κ3) is 8.17. The molecule has 0 unspecified atom stereocenters. The van der Waals surface area contributed by atoms with Gasteiger partial charge in [-0.25, -0.2) is 4.79 Å². The molecule has 0 aromatic heterocycles. The van der Waals surface area contributed by atoms with Crippen LogP contribution >= 0.6 is 0 Å². The van der Waals surface area contributed by atoms with Crippen LogP contribution in [0, 0.1) is 0 Å². The average Bonchev–Trinajstić information content (AvgIpc) is 2.70. The van der Waals surface area contributed by atoms with Crippen molar-refractivity contribution in [2.75, 3.05) is 6.61 Å². The van der Waals surface area contributed by atoms with Gasteiger partial charge >= 0.3 is 6.09 Å². The first-order valence-electron chi connectivity index (χ1n) is 10.5. The second-order valence-corrected chi connectivity index (χ2v) is 13.8. The summed E-state index contributed by atoms with van der Waals surface area (Å²) in [5, 5.41) is 3.14. The van der Waals surface area contributed by atoms with Crippen LogP contribution in [-0.2, 0) is 22.2 Å². The molecule has 0 fully saturated rings. The smallest absolute Gasteiger partial charge is 0.407 e. The third-order valence-corrected chi connectivity index (χ3v) is 10.0. The number of hydrogen-bond donors (Lipinski definition) is 1. The molecule has 0 saturated carbocycles. The van der Waals surface area contributed by atoms with Gasteiger partial charge < -0.3 is 14.5 Å². The zero-order valence-corrected chi connectivity index (χ0v) is 19.9. The minimum absolute atomic E-state index is 0.168. The highest BCUT2D eigenvalue weighted by atomic mass is 28.4. The highest BCUT2D eigenvalue weighted by molar-refractivity contribution is 6.74. The Labute approximate surface area is 182 Å². The van der Waals surface area contributed by atoms with E-state index in [0.29, 0.717) is 13.0 Å². The Morgan fingerprint density at radius 2 is 1.57 bits per heavy atom. The molecule has 0 saturated heterocycles. The van der Waals surface area contributed by atoms with Gasteiger partial charge in [0.15, 0.2) is 8.32 Å². The standard InChI is InChI=1S/C25H35NO3Si/c1-25(2,3)30(4,5)29-18-12-17-23(19-21-13-8-6-9-14-21)26-24(27)28-20-22-15-10-7-11-16-22/h6-17,23H,18-20H2,1-5H3,(H,26,27)/b17-12-/t23-/m1/s1. The summed E-state index contributed by atoms with van der Waals surface area (Å²) < 4.78 is 11.6. The molecular formula is C25H35NO3Si. The molecule has 0 heterocycles. The van der Waals surface area contributed by atoms with Gasteiger partial charge in [0, 0.05) is 0 Å². The summed E-state index contributed by atoms with van der Waals surface area (Å²) >= 11 is 0. The fraction of sp³-hybridized carbons (Fsp3) is 0.400. The molecule has 0 bridgehead atoms. The van der Waals surface area contributed by atoms with E-state index in [1.807, 2.05) is 60.7 Å². The number of rotatable bonds is 9. The number of carbonyl (C=O) groups is 1. The highest BCUT2D eigenvalue weighted by Crippen LogP contribution is 2.36. The molecule has 0 spiro atoms. The lowest BCUT2D eigenvalue weighted by molar-refractivity contribution is 0.137. The van der Waals surface area contributed by atoms with Gasteiger partial charge in [-0.05, 0) is 35.7 Å². The van der Waals surface area contributed by atoms with E-state index in [0.717, 1.165) is 11.1 Å². The van der Waals surface area contributed by atoms with Crippen molar-refractivity contribution in [1.29, 1.82) is 0 Å². The van der Waals surface area contributed by atoms with Crippen LogP contribution in [0.2, 0.25) is 18.1 Å². The number of nitrogens with one attached hydrogen (secondary N) is 1. The Kier molecular flexibility index (Phi) is 8.87. The van der Waals surface area contributed by atoms with Crippen LogP contribution in [0.1, 0.15) is 31.9 Å². The summed E-state index contributed by atoms with van der Waals surface area (Å²) in [6, 6.07) is 19.6. The minimum atomic E-state index is -1.80. The molecule has 1 atom stereocenters. The molecule has 2 aromatic rings. The van der Waals surface area contributed by atoms with Crippen LogP contribution in [0.25, 0.3) is 0 Å². The number of benzene rings is 2. The molecular weight excluding hydrogens is 390 g/mol. The molecule has 2 aromatic carbocycles. The molecule has 0 aliphatic rings. The van der Waals surface area contributed by atoms with Crippen molar-refractivity contribution >= 4 is 14.4 Å². The van der Waals surface area contributed by atoms with Crippen molar-refractivity contribution in [3.05, 3.63) is 83.9 Å². The number of amides is 1. The summed E-state index contributed by atoms with van der Waals surface area (Å²) in [5.74, 6) is 0. The van der Waals surface area contributed by atoms with E-state index in [9.17, 15) is 4.79 Å². The van der Waals surface area contributed by atoms with Crippen LogP contribution in [0.4, 0.5) is 4.79 Å². The van der Waals surface area contributed by atoms with Gasteiger partial charge in [0.05, 0.1) is 12.6 Å². The van der Waals surface area contributed by atoms with Gasteiger partial charge in [0.25, 0.3) is 0 Å². The number of alkyl carbamates (subject to hydrolysis) is 1. The van der Waals surface area contributed by atoms with E-state index < -0.39 is 14.4 Å². The quantitative estimate of drug-likeness (QED) is 0.390. The van der Waals surface area contributed by atoms with E-state index in [4.69, 9.17) is 9.16 Å². The summed E-state index contributed by atoms with van der Waals surface area (Å²) in [6.45, 7) is 12.0. The first-order valence-corrected chi connectivity index (χ1v) is 13.4. The molecule has 162 valence electrons. The maximum atomic E-state index is 12.3. The normalized spacial score (nSPS) is 13.2. The molecule has 2 rings (SSSR count). The fourth-order valence-electron chi connectivity index (χ4n) is 2.64. The van der Waals surface area contributed by atoms with Gasteiger partial charge in [-0.3, -0.25) is 0 Å². The van der Waals surface area contributed by atoms with E-state index in [1.165, 1.54) is 0 Å². The second kappa shape index (κ2) is 11.1. The lowest BCUT2D eigenvalue weighted by atomic mass is 10.1. The zero-order chi connectivity index (χ0) is 22.0. The van der Waals surface area contributed by atoms with E-state index in [1.54, 1.807) is 0 Å². The topological polar surface area (TPSA) is 47.6 Å². The Morgan fingerprint density at radius 3 is 2.13 bits per heavy atom. The summed E-state index contributed by atoms with van der Waals surface area (Å²) in [7, 11) is -1.80. The van der Waals surface area contributed by atoms with Crippen LogP contribution in [0.3, 0.4) is 0 Å². The largest absolute Gasteiger partial charge is 0.445 e. The van der Waals surface area contributed by atoms with Gasteiger partial charge in [0.1, 0.15) is 6.61 Å². The Hall–Kier alpha value is -2.37. The molecule has 30 heavy (non-hydrogen) atoms. The van der Waals surface area contributed by atoms with Crippen LogP contribution in [0.15, 0.2) is 72.8 Å². The number of hydrogen-bond acceptors (Lipinski definition) is 3. The van der Waals surface area contributed by atoms with E-state index in [2.05, 4.69) is 51.3 Å². The molecule has 4 nitrogen and oxygen atoms in total. The van der Waals surface area contributed by atoms with Gasteiger partial charge in [-0.1, -0.05) is 93.6 Å². The predicted octanol–water partition coefficient (Wildman–Crippen LogP) is 6.10. The summed E-state index contributed by atoms with van der Waals surface area (Å²) in [4.78, 5) is 12.3. The number of ether oxygens (including phenoxy) is 1. The van der Waals surface area contributed by atoms with E-state index >= 15 is 0 Å². The Balaban J connectivity index is 1.95. The van der Waals surface area contributed by atoms with Crippen molar-refractivity contribution in [3.63, 3.8) is 0 Å². The second-order valence-electron chi connectivity index (χ2n) is 9.00. The van der Waals surface area contributed by atoms with Crippen LogP contribution < -0.4 is 5.32 Å². The van der Waals surface area contributed by atoms with Gasteiger partial charge in [-0.2, -0.15) is 0 Å². The third-order valence-electron chi connectivity index (χ3n) is 5.53. The maximum absolute atomic E-state index is 12.3. The molecule has 5 heteroatoms. The van der Waals surface area contributed by atoms with Crippen molar-refractivity contribution in [2.45, 2.75) is 58.0 Å². The van der Waals surface area contributed by atoms with Crippen molar-refractivity contribution < 1.29 is 14.0 Å². The van der Waals surface area contributed by atoms with Crippen molar-refractivity contribution in [3.8, 4) is 0 Å². The summed E-state index contributed by atoms with van der Waals surface area (Å²) in [5.41, 5.74) is 2.12. The van der Waals surface area contributed by atoms with Gasteiger partial charge in [0.2, 0.25) is 0 Å². The fourth-order valence-corrected chi connectivity index (χ4v) is 3.59. The van der Waals surface area contributed by atoms with Gasteiger partial charge in [-0.15, -0.1) is 0 Å². The average molecular weight is 426 g/mol. The van der Waals surface area contributed by atoms with E-state index in [-0.39, 0.29) is 17.7 Å². The van der Waals surface area contributed by atoms with Crippen molar-refractivity contribution in [1.82, 2.24) is 5.32 Å². The lowest BCUT2D eigenvalue weighted by Crippen LogP contribution is -2.40. The molecule has 1 N–H and O–H groups in total. The SMILES string of the molecule is CC(C)(C)[Si](C)(C)OC/C=C\[C@H](Cc1ccccc1)NC(=O)OCc1ccccc1. The summed E-state index contributed by atoms with van der Waals surface area (Å²) in [6.07, 6.45) is 4.28. The molecule has 0 aliphatic carbocycles. The first kappa shape index (κ1) is 23.9. The highest BCUT2D eigenvalue weighted by Gasteiger charge is 2.36. The van der Waals surface area contributed by atoms with Crippen LogP contribution in [0.5, 0.6) is 0 Å². The zero-order valence-electron chi connectivity index (χ0n) is 18.9. The maximum Gasteiger partial charge on any atom is 0.407 e. The Bertz CT molecular complexity index is 798.